The first kappa shape index (κ1) is 14.9. The van der Waals surface area contributed by atoms with Crippen molar-refractivity contribution in [2.75, 3.05) is 7.11 Å². The minimum atomic E-state index is 0. The summed E-state index contributed by atoms with van der Waals surface area (Å²) in [5.41, 5.74) is 1.15. The van der Waals surface area contributed by atoms with Crippen molar-refractivity contribution in [1.29, 1.82) is 0 Å². The van der Waals surface area contributed by atoms with Crippen molar-refractivity contribution >= 4 is 23.7 Å². The van der Waals surface area contributed by atoms with Gasteiger partial charge in [-0.25, -0.2) is 4.98 Å². The third kappa shape index (κ3) is 4.54. The van der Waals surface area contributed by atoms with Gasteiger partial charge in [0.2, 0.25) is 0 Å². The van der Waals surface area contributed by atoms with E-state index in [0.29, 0.717) is 6.61 Å². The Kier molecular flexibility index (Phi) is 6.41. The molecule has 0 aromatic carbocycles. The fourth-order valence-corrected chi connectivity index (χ4v) is 2.81. The molecule has 1 aromatic heterocycles. The van der Waals surface area contributed by atoms with Crippen molar-refractivity contribution in [2.45, 2.75) is 45.4 Å². The number of nitrogens with zero attached hydrogens (tertiary/aromatic N) is 1. The molecule has 98 valence electrons. The summed E-state index contributed by atoms with van der Waals surface area (Å²) in [5, 5.41) is 6.76. The molecular formula is C12H21ClN2OS. The van der Waals surface area contributed by atoms with Crippen LogP contribution in [0.1, 0.15) is 36.9 Å². The standard InChI is InChI=1S/C12H20N2OS.ClH/c1-3-4-9-5-11(9)13-6-10-8-16-12(14-10)7-15-2;/h8-9,11,13H,3-7H2,1-2H3;1H. The molecule has 0 saturated heterocycles. The lowest BCUT2D eigenvalue weighted by Crippen LogP contribution is -2.17. The van der Waals surface area contributed by atoms with Gasteiger partial charge in [0, 0.05) is 25.1 Å². The van der Waals surface area contributed by atoms with Crippen LogP contribution in [-0.4, -0.2) is 18.1 Å². The van der Waals surface area contributed by atoms with E-state index < -0.39 is 0 Å². The maximum absolute atomic E-state index is 5.06. The Labute approximate surface area is 113 Å². The molecule has 3 nitrogen and oxygen atoms in total. The van der Waals surface area contributed by atoms with Gasteiger partial charge in [-0.1, -0.05) is 13.3 Å². The summed E-state index contributed by atoms with van der Waals surface area (Å²) in [5.74, 6) is 0.919. The minimum absolute atomic E-state index is 0. The normalized spacial score (nSPS) is 22.2. The van der Waals surface area contributed by atoms with Gasteiger partial charge in [-0.15, -0.1) is 23.7 Å². The van der Waals surface area contributed by atoms with E-state index in [0.717, 1.165) is 29.2 Å². The highest BCUT2D eigenvalue weighted by molar-refractivity contribution is 7.09. The van der Waals surface area contributed by atoms with E-state index in [1.54, 1.807) is 18.4 Å². The predicted molar refractivity (Wildman–Crippen MR) is 73.7 cm³/mol. The number of rotatable bonds is 7. The van der Waals surface area contributed by atoms with Gasteiger partial charge in [0.05, 0.1) is 12.3 Å². The molecule has 0 spiro atoms. The van der Waals surface area contributed by atoms with Crippen molar-refractivity contribution < 1.29 is 4.74 Å². The van der Waals surface area contributed by atoms with Crippen LogP contribution in [0.3, 0.4) is 0 Å². The number of ether oxygens (including phenoxy) is 1. The molecule has 17 heavy (non-hydrogen) atoms. The zero-order valence-electron chi connectivity index (χ0n) is 10.4. The first-order valence-corrected chi connectivity index (χ1v) is 6.87. The molecule has 1 N–H and O–H groups in total. The van der Waals surface area contributed by atoms with E-state index in [1.807, 2.05) is 0 Å². The Hall–Kier alpha value is -0.160. The summed E-state index contributed by atoms with van der Waals surface area (Å²) >= 11 is 1.68. The molecule has 2 unspecified atom stereocenters. The molecule has 0 amide bonds. The Morgan fingerprint density at radius 3 is 3.12 bits per heavy atom. The van der Waals surface area contributed by atoms with Crippen LogP contribution in [0.25, 0.3) is 0 Å². The Balaban J connectivity index is 0.00000144. The maximum atomic E-state index is 5.06. The second-order valence-electron chi connectivity index (χ2n) is 4.44. The Bertz CT molecular complexity index is 332. The van der Waals surface area contributed by atoms with Crippen molar-refractivity contribution in [3.63, 3.8) is 0 Å². The van der Waals surface area contributed by atoms with Gasteiger partial charge in [-0.3, -0.25) is 0 Å². The largest absolute Gasteiger partial charge is 0.378 e. The molecule has 2 rings (SSSR count). The monoisotopic (exact) mass is 276 g/mol. The van der Waals surface area contributed by atoms with Crippen LogP contribution < -0.4 is 5.32 Å². The smallest absolute Gasteiger partial charge is 0.119 e. The Morgan fingerprint density at radius 1 is 1.59 bits per heavy atom. The molecule has 1 aliphatic carbocycles. The van der Waals surface area contributed by atoms with Crippen LogP contribution in [0.2, 0.25) is 0 Å². The van der Waals surface area contributed by atoms with Crippen LogP contribution in [0.15, 0.2) is 5.38 Å². The maximum Gasteiger partial charge on any atom is 0.119 e. The van der Waals surface area contributed by atoms with E-state index in [-0.39, 0.29) is 12.4 Å². The number of thiazole rings is 1. The van der Waals surface area contributed by atoms with E-state index in [4.69, 9.17) is 4.74 Å². The number of halogens is 1. The lowest BCUT2D eigenvalue weighted by Gasteiger charge is -2.00. The zero-order chi connectivity index (χ0) is 11.4. The highest BCUT2D eigenvalue weighted by atomic mass is 35.5. The van der Waals surface area contributed by atoms with Gasteiger partial charge in [0.1, 0.15) is 5.01 Å². The Morgan fingerprint density at radius 2 is 2.41 bits per heavy atom. The second-order valence-corrected chi connectivity index (χ2v) is 5.38. The quantitative estimate of drug-likeness (QED) is 0.831. The summed E-state index contributed by atoms with van der Waals surface area (Å²) in [6.07, 6.45) is 4.02. The number of aromatic nitrogens is 1. The molecule has 1 aromatic rings. The third-order valence-corrected chi connectivity index (χ3v) is 3.87. The van der Waals surface area contributed by atoms with Crippen molar-refractivity contribution in [2.24, 2.45) is 5.92 Å². The van der Waals surface area contributed by atoms with Crippen LogP contribution >= 0.6 is 23.7 Å². The van der Waals surface area contributed by atoms with Gasteiger partial charge in [-0.2, -0.15) is 0 Å². The first-order chi connectivity index (χ1) is 7.83. The molecule has 0 radical (unpaired) electrons. The topological polar surface area (TPSA) is 34.1 Å². The van der Waals surface area contributed by atoms with Gasteiger partial charge in [0.15, 0.2) is 0 Å². The average molecular weight is 277 g/mol. The van der Waals surface area contributed by atoms with Gasteiger partial charge in [0.25, 0.3) is 0 Å². The fourth-order valence-electron chi connectivity index (χ4n) is 2.04. The SMILES string of the molecule is CCCC1CC1NCc1csc(COC)n1.Cl. The van der Waals surface area contributed by atoms with Crippen molar-refractivity contribution in [3.05, 3.63) is 16.1 Å². The lowest BCUT2D eigenvalue weighted by atomic mass is 10.2. The molecule has 1 fully saturated rings. The van der Waals surface area contributed by atoms with E-state index in [2.05, 4.69) is 22.6 Å². The molecular weight excluding hydrogens is 256 g/mol. The number of hydrogen-bond donors (Lipinski definition) is 1. The molecule has 1 heterocycles. The second kappa shape index (κ2) is 7.31. The summed E-state index contributed by atoms with van der Waals surface area (Å²) in [7, 11) is 1.71. The number of hydrogen-bond acceptors (Lipinski definition) is 4. The van der Waals surface area contributed by atoms with E-state index in [9.17, 15) is 0 Å². The van der Waals surface area contributed by atoms with Crippen molar-refractivity contribution in [1.82, 2.24) is 10.3 Å². The summed E-state index contributed by atoms with van der Waals surface area (Å²) < 4.78 is 5.06. The molecule has 0 aliphatic heterocycles. The number of nitrogens with one attached hydrogen (secondary N) is 1. The molecule has 1 aliphatic rings. The molecule has 5 heteroatoms. The van der Waals surface area contributed by atoms with E-state index >= 15 is 0 Å². The molecule has 1 saturated carbocycles. The van der Waals surface area contributed by atoms with Crippen LogP contribution in [0.4, 0.5) is 0 Å². The summed E-state index contributed by atoms with van der Waals surface area (Å²) in [6.45, 7) is 3.80. The van der Waals surface area contributed by atoms with E-state index in [1.165, 1.54) is 19.3 Å². The van der Waals surface area contributed by atoms with Crippen LogP contribution in [-0.2, 0) is 17.9 Å². The van der Waals surface area contributed by atoms with Crippen LogP contribution in [0.5, 0.6) is 0 Å². The fraction of sp³-hybridized carbons (Fsp3) is 0.750. The van der Waals surface area contributed by atoms with Crippen molar-refractivity contribution in [3.8, 4) is 0 Å². The highest BCUT2D eigenvalue weighted by Gasteiger charge is 2.35. The number of methoxy groups -OCH3 is 1. The summed E-state index contributed by atoms with van der Waals surface area (Å²) in [6, 6.07) is 0.743. The molecule has 2 atom stereocenters. The first-order valence-electron chi connectivity index (χ1n) is 5.99. The van der Waals surface area contributed by atoms with Gasteiger partial charge in [-0.05, 0) is 18.8 Å². The third-order valence-electron chi connectivity index (χ3n) is 2.99. The van der Waals surface area contributed by atoms with Crippen LogP contribution in [0, 0.1) is 5.92 Å². The highest BCUT2D eigenvalue weighted by Crippen LogP contribution is 2.34. The summed E-state index contributed by atoms with van der Waals surface area (Å²) in [4.78, 5) is 4.50. The predicted octanol–water partition coefficient (Wildman–Crippen LogP) is 2.99. The average Bonchev–Trinajstić information content (AvgIpc) is 2.85. The lowest BCUT2D eigenvalue weighted by molar-refractivity contribution is 0.184. The van der Waals surface area contributed by atoms with Gasteiger partial charge < -0.3 is 10.1 Å². The minimum Gasteiger partial charge on any atom is -0.378 e. The van der Waals surface area contributed by atoms with Gasteiger partial charge >= 0.3 is 0 Å². The molecule has 0 bridgehead atoms. The zero-order valence-corrected chi connectivity index (χ0v) is 12.1.